The molecule has 3 N–H and O–H groups in total. The summed E-state index contributed by atoms with van der Waals surface area (Å²) in [6, 6.07) is 15.7. The molecule has 2 aromatic carbocycles. The van der Waals surface area contributed by atoms with Gasteiger partial charge in [0.15, 0.2) is 0 Å². The Morgan fingerprint density at radius 2 is 2.05 bits per heavy atom. The second-order valence-electron chi connectivity index (χ2n) is 9.33. The summed E-state index contributed by atoms with van der Waals surface area (Å²) in [5, 5.41) is 4.30. The first kappa shape index (κ1) is 25.7. The maximum atomic E-state index is 12.0. The van der Waals surface area contributed by atoms with Crippen molar-refractivity contribution >= 4 is 39.9 Å². The number of hydrogen-bond donors (Lipinski definition) is 2. The topological polar surface area (TPSA) is 115 Å². The molecule has 0 aliphatic carbocycles. The number of halogens is 1. The molecule has 1 fully saturated rings. The zero-order valence-electron chi connectivity index (χ0n) is 21.0. The van der Waals surface area contributed by atoms with Crippen LogP contribution in [-0.4, -0.2) is 52.5 Å². The van der Waals surface area contributed by atoms with Crippen LogP contribution < -0.4 is 20.5 Å². The molecule has 5 rings (SSSR count). The maximum Gasteiger partial charge on any atom is 0.286 e. The molecule has 10 heteroatoms. The van der Waals surface area contributed by atoms with Gasteiger partial charge in [0.05, 0.1) is 17.1 Å². The number of likely N-dealkylation sites (tertiary alicyclic amines) is 1. The van der Waals surface area contributed by atoms with Crippen LogP contribution in [0.3, 0.4) is 0 Å². The van der Waals surface area contributed by atoms with E-state index >= 15 is 0 Å². The van der Waals surface area contributed by atoms with E-state index in [9.17, 15) is 4.79 Å². The van der Waals surface area contributed by atoms with E-state index in [0.29, 0.717) is 58.1 Å². The summed E-state index contributed by atoms with van der Waals surface area (Å²) in [6.45, 7) is 3.10. The molecule has 3 heterocycles. The standard InChI is InChI=1S/C28H28ClN6O3/c1-35-11-8-18(9-12-35)16-37-21-5-6-22-24(14-21)33-28(26(30)36)34-27(22)32-20-4-7-25(23(29)13-20)38-17-19-3-2-10-31-15-19/h2-4,6-7,10,13-15,18H,8-9,11-12,16-17H2,1H3,(H2,30,36)(H,32,33,34). The van der Waals surface area contributed by atoms with Gasteiger partial charge in [-0.15, -0.1) is 0 Å². The molecule has 9 nitrogen and oxygen atoms in total. The van der Waals surface area contributed by atoms with E-state index in [0.717, 1.165) is 31.5 Å². The number of nitrogens with two attached hydrogens (primary N) is 1. The fourth-order valence-electron chi connectivity index (χ4n) is 4.25. The van der Waals surface area contributed by atoms with E-state index in [2.05, 4.69) is 38.3 Å². The van der Waals surface area contributed by atoms with Gasteiger partial charge in [-0.1, -0.05) is 17.7 Å². The van der Waals surface area contributed by atoms with Gasteiger partial charge in [-0.2, -0.15) is 0 Å². The fraction of sp³-hybridized carbons (Fsp3) is 0.286. The molecule has 1 radical (unpaired) electrons. The van der Waals surface area contributed by atoms with Crippen LogP contribution in [0.5, 0.6) is 11.5 Å². The molecule has 0 bridgehead atoms. The number of carbonyl (C=O) groups is 1. The Labute approximate surface area is 226 Å². The molecule has 1 aliphatic heterocycles. The van der Waals surface area contributed by atoms with Crippen molar-refractivity contribution in [3.63, 3.8) is 0 Å². The zero-order chi connectivity index (χ0) is 26.5. The largest absolute Gasteiger partial charge is 0.493 e. The van der Waals surface area contributed by atoms with Crippen LogP contribution in [0.1, 0.15) is 29.0 Å². The molecule has 0 saturated carbocycles. The van der Waals surface area contributed by atoms with Crippen molar-refractivity contribution in [3.05, 3.63) is 77.3 Å². The van der Waals surface area contributed by atoms with Crippen molar-refractivity contribution in [2.24, 2.45) is 11.7 Å². The van der Waals surface area contributed by atoms with Crippen molar-refractivity contribution in [1.29, 1.82) is 0 Å². The lowest BCUT2D eigenvalue weighted by Crippen LogP contribution is -2.32. The predicted octanol–water partition coefficient (Wildman–Crippen LogP) is 4.62. The minimum Gasteiger partial charge on any atom is -0.493 e. The third-order valence-corrected chi connectivity index (χ3v) is 6.74. The van der Waals surface area contributed by atoms with Gasteiger partial charge in [-0.3, -0.25) is 9.78 Å². The number of piperidine rings is 1. The Balaban J connectivity index is 1.33. The number of nitrogens with zero attached hydrogens (tertiary/aromatic N) is 4. The van der Waals surface area contributed by atoms with Crippen molar-refractivity contribution in [1.82, 2.24) is 19.9 Å². The minimum absolute atomic E-state index is 0.102. The zero-order valence-corrected chi connectivity index (χ0v) is 21.7. The number of fused-ring (bicyclic) bond motifs is 1. The molecule has 0 atom stereocenters. The maximum absolute atomic E-state index is 12.0. The fourth-order valence-corrected chi connectivity index (χ4v) is 4.49. The van der Waals surface area contributed by atoms with E-state index in [-0.39, 0.29) is 5.82 Å². The first-order valence-corrected chi connectivity index (χ1v) is 12.8. The first-order chi connectivity index (χ1) is 18.4. The monoisotopic (exact) mass is 531 g/mol. The molecule has 1 amide bonds. The van der Waals surface area contributed by atoms with Gasteiger partial charge in [0.2, 0.25) is 5.82 Å². The summed E-state index contributed by atoms with van der Waals surface area (Å²) in [6.07, 6.45) is 5.64. The highest BCUT2D eigenvalue weighted by Gasteiger charge is 2.18. The van der Waals surface area contributed by atoms with Gasteiger partial charge in [-0.05, 0) is 69.2 Å². The first-order valence-electron chi connectivity index (χ1n) is 12.4. The molecule has 1 saturated heterocycles. The number of pyridine rings is 1. The van der Waals surface area contributed by atoms with Crippen LogP contribution in [0.2, 0.25) is 5.02 Å². The van der Waals surface area contributed by atoms with Gasteiger partial charge < -0.3 is 25.4 Å². The van der Waals surface area contributed by atoms with E-state index < -0.39 is 5.91 Å². The van der Waals surface area contributed by atoms with Gasteiger partial charge >= 0.3 is 0 Å². The number of rotatable bonds is 9. The number of benzene rings is 2. The highest BCUT2D eigenvalue weighted by Crippen LogP contribution is 2.32. The number of ether oxygens (including phenoxy) is 2. The number of carbonyl (C=O) groups excluding carboxylic acids is 1. The second-order valence-corrected chi connectivity index (χ2v) is 9.74. The van der Waals surface area contributed by atoms with Crippen LogP contribution in [-0.2, 0) is 6.61 Å². The SMILES string of the molecule is CN1CCC(COc2[c]cc3c(Nc4ccc(OCc5cccnc5)c(Cl)c4)nc(C(N)=O)nc3c2)CC1. The summed E-state index contributed by atoms with van der Waals surface area (Å²) in [5.41, 5.74) is 7.63. The molecule has 0 unspecified atom stereocenters. The Hall–Kier alpha value is -3.95. The van der Waals surface area contributed by atoms with Crippen LogP contribution >= 0.6 is 11.6 Å². The van der Waals surface area contributed by atoms with Crippen LogP contribution in [0.15, 0.2) is 54.9 Å². The van der Waals surface area contributed by atoms with Crippen LogP contribution in [0.4, 0.5) is 11.5 Å². The van der Waals surface area contributed by atoms with E-state index in [4.69, 9.17) is 26.8 Å². The molecule has 1 aliphatic rings. The third-order valence-electron chi connectivity index (χ3n) is 6.45. The van der Waals surface area contributed by atoms with Gasteiger partial charge in [0.25, 0.3) is 5.91 Å². The normalized spacial score (nSPS) is 14.4. The third kappa shape index (κ3) is 6.30. The van der Waals surface area contributed by atoms with Crippen molar-refractivity contribution < 1.29 is 14.3 Å². The average molecular weight is 532 g/mol. The van der Waals surface area contributed by atoms with Crippen molar-refractivity contribution in [3.8, 4) is 11.5 Å². The summed E-state index contributed by atoms with van der Waals surface area (Å²) in [5.74, 6) is 1.17. The van der Waals surface area contributed by atoms with Crippen LogP contribution in [0.25, 0.3) is 10.9 Å². The summed E-state index contributed by atoms with van der Waals surface area (Å²) in [7, 11) is 2.13. The second kappa shape index (κ2) is 11.6. The highest BCUT2D eigenvalue weighted by atomic mass is 35.5. The quantitative estimate of drug-likeness (QED) is 0.321. The molecular formula is C28H28ClN6O3. The Morgan fingerprint density at radius 3 is 2.79 bits per heavy atom. The summed E-state index contributed by atoms with van der Waals surface area (Å²) < 4.78 is 11.9. The average Bonchev–Trinajstić information content (AvgIpc) is 2.92. The van der Waals surface area contributed by atoms with Gasteiger partial charge in [0, 0.05) is 41.2 Å². The van der Waals surface area contributed by atoms with E-state index in [1.165, 1.54) is 0 Å². The summed E-state index contributed by atoms with van der Waals surface area (Å²) in [4.78, 5) is 27.1. The number of hydrogen-bond acceptors (Lipinski definition) is 8. The lowest BCUT2D eigenvalue weighted by Gasteiger charge is -2.28. The molecule has 4 aromatic rings. The number of anilines is 2. The predicted molar refractivity (Wildman–Crippen MR) is 146 cm³/mol. The van der Waals surface area contributed by atoms with Crippen LogP contribution in [0, 0.1) is 12.0 Å². The van der Waals surface area contributed by atoms with E-state index in [1.807, 2.05) is 18.2 Å². The number of aromatic nitrogens is 3. The Bertz CT molecular complexity index is 1430. The lowest BCUT2D eigenvalue weighted by atomic mass is 9.98. The van der Waals surface area contributed by atoms with Gasteiger partial charge in [0.1, 0.15) is 23.9 Å². The molecular weight excluding hydrogens is 504 g/mol. The molecule has 38 heavy (non-hydrogen) atoms. The minimum atomic E-state index is -0.728. The lowest BCUT2D eigenvalue weighted by molar-refractivity contribution is 0.0991. The number of nitrogens with one attached hydrogen (secondary N) is 1. The van der Waals surface area contributed by atoms with Crippen molar-refractivity contribution in [2.75, 3.05) is 32.1 Å². The number of primary amides is 1. The van der Waals surface area contributed by atoms with E-state index in [1.54, 1.807) is 36.7 Å². The molecule has 195 valence electrons. The smallest absolute Gasteiger partial charge is 0.286 e. The van der Waals surface area contributed by atoms with Crippen molar-refractivity contribution in [2.45, 2.75) is 19.4 Å². The number of amides is 1. The molecule has 2 aromatic heterocycles. The van der Waals surface area contributed by atoms with Gasteiger partial charge in [-0.25, -0.2) is 9.97 Å². The Morgan fingerprint density at radius 1 is 1.21 bits per heavy atom. The summed E-state index contributed by atoms with van der Waals surface area (Å²) >= 11 is 6.48. The molecule has 0 spiro atoms. The Kier molecular flexibility index (Phi) is 7.86. The highest BCUT2D eigenvalue weighted by molar-refractivity contribution is 6.32.